The number of aromatic nitrogens is 3. The number of hydrogen-bond donors (Lipinski definition) is 1. The van der Waals surface area contributed by atoms with Crippen LogP contribution >= 0.6 is 39.3 Å². The predicted molar refractivity (Wildman–Crippen MR) is 147 cm³/mol. The minimum atomic E-state index is -1.11. The topological polar surface area (TPSA) is 101 Å². The van der Waals surface area contributed by atoms with Crippen molar-refractivity contribution in [1.82, 2.24) is 14.8 Å². The first-order valence-corrected chi connectivity index (χ1v) is 13.1. The molecule has 0 unspecified atom stereocenters. The molecule has 0 radical (unpaired) electrons. The maximum atomic E-state index is 12.2. The molecule has 1 aromatic heterocycles. The van der Waals surface area contributed by atoms with Crippen LogP contribution in [0.5, 0.6) is 5.75 Å². The minimum Gasteiger partial charge on any atom is -0.488 e. The lowest BCUT2D eigenvalue weighted by molar-refractivity contribution is -0.131. The average molecular weight is 596 g/mol. The van der Waals surface area contributed by atoms with Crippen LogP contribution in [0.3, 0.4) is 0 Å². The number of rotatable bonds is 9. The van der Waals surface area contributed by atoms with Crippen LogP contribution < -0.4 is 4.74 Å². The van der Waals surface area contributed by atoms with Crippen LogP contribution in [0.15, 0.2) is 81.3 Å². The molecule has 0 saturated heterocycles. The van der Waals surface area contributed by atoms with E-state index in [-0.39, 0.29) is 11.5 Å². The first-order chi connectivity index (χ1) is 17.9. The van der Waals surface area contributed by atoms with E-state index in [2.05, 4.69) is 32.2 Å². The second kappa shape index (κ2) is 12.1. The van der Waals surface area contributed by atoms with Gasteiger partial charge in [0.2, 0.25) is 0 Å². The van der Waals surface area contributed by atoms with E-state index in [9.17, 15) is 15.2 Å². The van der Waals surface area contributed by atoms with E-state index in [4.69, 9.17) is 16.3 Å². The number of carboxylic acid groups (broad SMARTS) is 1. The fourth-order valence-corrected chi connectivity index (χ4v) is 4.89. The van der Waals surface area contributed by atoms with Crippen molar-refractivity contribution in [3.05, 3.63) is 97.8 Å². The molecular formula is C27H20BrClN4O3S. The van der Waals surface area contributed by atoms with Gasteiger partial charge in [-0.05, 0) is 73.3 Å². The molecule has 0 bridgehead atoms. The van der Waals surface area contributed by atoms with E-state index in [0.29, 0.717) is 39.4 Å². The number of nitriles is 1. The highest BCUT2D eigenvalue weighted by atomic mass is 79.9. The summed E-state index contributed by atoms with van der Waals surface area (Å²) in [5.74, 6) is -0.00686. The summed E-state index contributed by atoms with van der Waals surface area (Å²) in [6.45, 7) is 2.65. The van der Waals surface area contributed by atoms with Gasteiger partial charge >= 0.3 is 5.97 Å². The number of carboxylic acids is 1. The van der Waals surface area contributed by atoms with E-state index in [1.807, 2.05) is 41.8 Å². The molecule has 4 aromatic rings. The summed E-state index contributed by atoms with van der Waals surface area (Å²) in [7, 11) is 0. The highest BCUT2D eigenvalue weighted by Crippen LogP contribution is 2.33. The van der Waals surface area contributed by atoms with Gasteiger partial charge in [0.1, 0.15) is 17.3 Å². The third kappa shape index (κ3) is 6.41. The maximum absolute atomic E-state index is 12.2. The number of ether oxygens (including phenoxy) is 1. The van der Waals surface area contributed by atoms with Gasteiger partial charge in [-0.15, -0.1) is 10.2 Å². The van der Waals surface area contributed by atoms with Crippen molar-refractivity contribution in [1.29, 1.82) is 5.26 Å². The summed E-state index contributed by atoms with van der Waals surface area (Å²) in [5.41, 5.74) is 2.65. The standard InChI is InChI=1S/C27H20BrClN4O3S/c1-2-33-25(17-7-10-22(29)11-8-17)31-32-27(33)37-24(26(34)35)14-20-13-21(28)9-12-23(20)36-16-19-6-4-3-5-18(19)15-30/h3-14H,2,16H2,1H3,(H,34,35)/b24-14-. The van der Waals surface area contributed by atoms with E-state index in [0.717, 1.165) is 27.4 Å². The smallest absolute Gasteiger partial charge is 0.342 e. The Morgan fingerprint density at radius 3 is 2.65 bits per heavy atom. The minimum absolute atomic E-state index is 0.0464. The van der Waals surface area contributed by atoms with Gasteiger partial charge in [0, 0.05) is 32.7 Å². The van der Waals surface area contributed by atoms with Gasteiger partial charge in [0.25, 0.3) is 0 Å². The SMILES string of the molecule is CCn1c(S/C(=C\c2cc(Br)ccc2OCc2ccccc2C#N)C(=O)O)nnc1-c1ccc(Cl)cc1. The van der Waals surface area contributed by atoms with Gasteiger partial charge in [0.05, 0.1) is 11.6 Å². The van der Waals surface area contributed by atoms with Crippen molar-refractivity contribution in [2.75, 3.05) is 0 Å². The molecule has 1 heterocycles. The van der Waals surface area contributed by atoms with Gasteiger partial charge in [-0.25, -0.2) is 4.79 Å². The highest BCUT2D eigenvalue weighted by molar-refractivity contribution is 9.10. The molecule has 0 aliphatic rings. The van der Waals surface area contributed by atoms with Crippen molar-refractivity contribution in [2.45, 2.75) is 25.2 Å². The van der Waals surface area contributed by atoms with Crippen molar-refractivity contribution in [3.8, 4) is 23.2 Å². The third-order valence-corrected chi connectivity index (χ3v) is 7.07. The zero-order valence-electron chi connectivity index (χ0n) is 19.6. The normalized spacial score (nSPS) is 11.2. The summed E-state index contributed by atoms with van der Waals surface area (Å²) in [5, 5.41) is 28.9. The lowest BCUT2D eigenvalue weighted by Gasteiger charge is -2.12. The second-order valence-corrected chi connectivity index (χ2v) is 10.1. The molecule has 0 amide bonds. The quantitative estimate of drug-likeness (QED) is 0.163. The number of aliphatic carboxylic acids is 1. The van der Waals surface area contributed by atoms with E-state index in [1.54, 1.807) is 42.5 Å². The number of nitrogens with zero attached hydrogens (tertiary/aromatic N) is 4. The largest absolute Gasteiger partial charge is 0.488 e. The molecular weight excluding hydrogens is 576 g/mol. The number of hydrogen-bond acceptors (Lipinski definition) is 6. The van der Waals surface area contributed by atoms with Crippen molar-refractivity contribution in [3.63, 3.8) is 0 Å². The Morgan fingerprint density at radius 1 is 1.19 bits per heavy atom. The first-order valence-electron chi connectivity index (χ1n) is 11.1. The molecule has 0 aliphatic carbocycles. The summed E-state index contributed by atoms with van der Waals surface area (Å²) >= 11 is 10.5. The van der Waals surface area contributed by atoms with Crippen LogP contribution in [0.1, 0.15) is 23.6 Å². The third-order valence-electron chi connectivity index (χ3n) is 5.33. The maximum Gasteiger partial charge on any atom is 0.342 e. The first kappa shape index (κ1) is 26.5. The Hall–Kier alpha value is -3.58. The van der Waals surface area contributed by atoms with Crippen LogP contribution in [-0.4, -0.2) is 25.8 Å². The van der Waals surface area contributed by atoms with Gasteiger partial charge in [-0.1, -0.05) is 45.7 Å². The van der Waals surface area contributed by atoms with Gasteiger partial charge < -0.3 is 14.4 Å². The number of halogens is 2. The Morgan fingerprint density at radius 2 is 1.95 bits per heavy atom. The van der Waals surface area contributed by atoms with E-state index in [1.165, 1.54) is 0 Å². The van der Waals surface area contributed by atoms with E-state index < -0.39 is 5.97 Å². The molecule has 0 fully saturated rings. The molecule has 0 spiro atoms. The van der Waals surface area contributed by atoms with Gasteiger partial charge in [-0.3, -0.25) is 0 Å². The molecule has 10 heteroatoms. The number of benzene rings is 3. The van der Waals surface area contributed by atoms with Gasteiger partial charge in [-0.2, -0.15) is 5.26 Å². The molecule has 3 aromatic carbocycles. The fourth-order valence-electron chi connectivity index (χ4n) is 3.51. The van der Waals surface area contributed by atoms with Crippen LogP contribution in [0, 0.1) is 11.3 Å². The molecule has 37 heavy (non-hydrogen) atoms. The van der Waals surface area contributed by atoms with Crippen LogP contribution in [-0.2, 0) is 17.9 Å². The Bertz CT molecular complexity index is 1510. The lowest BCUT2D eigenvalue weighted by atomic mass is 10.1. The Balaban J connectivity index is 1.65. The lowest BCUT2D eigenvalue weighted by Crippen LogP contribution is -2.03. The zero-order chi connectivity index (χ0) is 26.4. The highest BCUT2D eigenvalue weighted by Gasteiger charge is 2.19. The van der Waals surface area contributed by atoms with Crippen LogP contribution in [0.2, 0.25) is 5.02 Å². The summed E-state index contributed by atoms with van der Waals surface area (Å²) in [6, 6.07) is 21.9. The van der Waals surface area contributed by atoms with E-state index >= 15 is 0 Å². The van der Waals surface area contributed by atoms with Gasteiger partial charge in [0.15, 0.2) is 11.0 Å². The summed E-state index contributed by atoms with van der Waals surface area (Å²) < 4.78 is 8.62. The van der Waals surface area contributed by atoms with Crippen molar-refractivity contribution < 1.29 is 14.6 Å². The van der Waals surface area contributed by atoms with Crippen molar-refractivity contribution >= 4 is 51.3 Å². The fraction of sp³-hybridized carbons (Fsp3) is 0.111. The van der Waals surface area contributed by atoms with Crippen LogP contribution in [0.25, 0.3) is 17.5 Å². The monoisotopic (exact) mass is 594 g/mol. The van der Waals surface area contributed by atoms with Crippen LogP contribution in [0.4, 0.5) is 0 Å². The molecule has 1 N–H and O–H groups in total. The number of thioether (sulfide) groups is 1. The molecule has 186 valence electrons. The molecule has 7 nitrogen and oxygen atoms in total. The zero-order valence-corrected chi connectivity index (χ0v) is 22.7. The molecule has 4 rings (SSSR count). The summed E-state index contributed by atoms with van der Waals surface area (Å²) in [6.07, 6.45) is 1.54. The molecule has 0 atom stereocenters. The van der Waals surface area contributed by atoms with Crippen molar-refractivity contribution in [2.24, 2.45) is 0 Å². The molecule has 0 aliphatic heterocycles. The second-order valence-electron chi connectivity index (χ2n) is 7.71. The average Bonchev–Trinajstić information content (AvgIpc) is 3.30. The summed E-state index contributed by atoms with van der Waals surface area (Å²) in [4.78, 5) is 12.3. The predicted octanol–water partition coefficient (Wildman–Crippen LogP) is 7.05. The molecule has 0 saturated carbocycles. The number of carbonyl (C=O) groups is 1. The Labute approximate surface area is 231 Å². The Kier molecular flexibility index (Phi) is 8.66.